The van der Waals surface area contributed by atoms with Gasteiger partial charge in [0.05, 0.1) is 11.8 Å². The summed E-state index contributed by atoms with van der Waals surface area (Å²) in [6.45, 7) is 0. The van der Waals surface area contributed by atoms with E-state index in [-0.39, 0.29) is 0 Å². The van der Waals surface area contributed by atoms with E-state index in [2.05, 4.69) is 9.97 Å². The van der Waals surface area contributed by atoms with E-state index in [1.165, 1.54) is 11.3 Å². The van der Waals surface area contributed by atoms with E-state index in [0.717, 1.165) is 30.5 Å². The predicted molar refractivity (Wildman–Crippen MR) is 69.2 cm³/mol. The van der Waals surface area contributed by atoms with E-state index in [1.54, 1.807) is 6.33 Å². The summed E-state index contributed by atoms with van der Waals surface area (Å²) >= 11 is 0. The van der Waals surface area contributed by atoms with Crippen LogP contribution in [0.25, 0.3) is 0 Å². The molecule has 3 heteroatoms. The summed E-state index contributed by atoms with van der Waals surface area (Å²) in [5.41, 5.74) is 4.38. The largest absolute Gasteiger partial charge is 0.388 e. The fourth-order valence-corrected chi connectivity index (χ4v) is 2.58. The molecule has 0 fully saturated rings. The van der Waals surface area contributed by atoms with Gasteiger partial charge < -0.3 is 5.11 Å². The minimum absolute atomic E-state index is 0.481. The van der Waals surface area contributed by atoms with E-state index in [1.807, 2.05) is 30.3 Å². The molecule has 0 saturated carbocycles. The smallest absolute Gasteiger partial charge is 0.115 e. The average Bonchev–Trinajstić information content (AvgIpc) is 2.89. The molecule has 1 heterocycles. The van der Waals surface area contributed by atoms with Crippen LogP contribution in [-0.2, 0) is 19.3 Å². The number of fused-ring (bicyclic) bond motifs is 1. The Morgan fingerprint density at radius 3 is 2.78 bits per heavy atom. The van der Waals surface area contributed by atoms with Crippen molar-refractivity contribution in [3.8, 4) is 0 Å². The fourth-order valence-electron chi connectivity index (χ4n) is 2.58. The molecule has 2 aromatic rings. The Bertz CT molecular complexity index is 539. The van der Waals surface area contributed by atoms with Crippen LogP contribution in [-0.4, -0.2) is 15.1 Å². The number of aromatic nitrogens is 2. The van der Waals surface area contributed by atoms with Gasteiger partial charge in [0.25, 0.3) is 0 Å². The van der Waals surface area contributed by atoms with Crippen molar-refractivity contribution < 1.29 is 5.11 Å². The van der Waals surface area contributed by atoms with Crippen molar-refractivity contribution in [2.75, 3.05) is 0 Å². The summed E-state index contributed by atoms with van der Waals surface area (Å²) in [6.07, 6.45) is 4.97. The second-order valence-corrected chi connectivity index (χ2v) is 4.73. The fraction of sp³-hybridized carbons (Fsp3) is 0.333. The average molecular weight is 240 g/mol. The minimum Gasteiger partial charge on any atom is -0.388 e. The first-order valence-electron chi connectivity index (χ1n) is 6.39. The van der Waals surface area contributed by atoms with Gasteiger partial charge in [-0.05, 0) is 30.4 Å². The SMILES string of the molecule is OC(Cc1ncnc2c1CCC2)c1ccccc1. The lowest BCUT2D eigenvalue weighted by molar-refractivity contribution is 0.177. The molecule has 1 N–H and O–H groups in total. The van der Waals surface area contributed by atoms with Crippen molar-refractivity contribution in [1.82, 2.24) is 9.97 Å². The molecule has 0 radical (unpaired) electrons. The van der Waals surface area contributed by atoms with E-state index < -0.39 is 6.10 Å². The summed E-state index contributed by atoms with van der Waals surface area (Å²) in [6, 6.07) is 9.75. The molecule has 3 rings (SSSR count). The number of hydrogen-bond donors (Lipinski definition) is 1. The lowest BCUT2D eigenvalue weighted by Gasteiger charge is -2.12. The molecule has 92 valence electrons. The zero-order chi connectivity index (χ0) is 12.4. The number of aliphatic hydroxyl groups is 1. The van der Waals surface area contributed by atoms with Crippen LogP contribution in [0.1, 0.15) is 35.0 Å². The van der Waals surface area contributed by atoms with Gasteiger partial charge in [0, 0.05) is 12.1 Å². The maximum atomic E-state index is 10.2. The number of rotatable bonds is 3. The minimum atomic E-state index is -0.481. The molecular weight excluding hydrogens is 224 g/mol. The molecule has 18 heavy (non-hydrogen) atoms. The number of aliphatic hydroxyl groups excluding tert-OH is 1. The Labute approximate surface area is 107 Å². The second kappa shape index (κ2) is 4.86. The molecule has 0 amide bonds. The topological polar surface area (TPSA) is 46.0 Å². The van der Waals surface area contributed by atoms with Gasteiger partial charge >= 0.3 is 0 Å². The van der Waals surface area contributed by atoms with Gasteiger partial charge in [0.2, 0.25) is 0 Å². The molecule has 0 bridgehead atoms. The second-order valence-electron chi connectivity index (χ2n) is 4.73. The molecule has 1 atom stereocenters. The van der Waals surface area contributed by atoms with Crippen molar-refractivity contribution in [3.63, 3.8) is 0 Å². The standard InChI is InChI=1S/C15H16N2O/c18-15(11-5-2-1-3-6-11)9-14-12-7-4-8-13(12)16-10-17-14/h1-3,5-6,10,15,18H,4,7-9H2. The molecule has 1 unspecified atom stereocenters. The monoisotopic (exact) mass is 240 g/mol. The quantitative estimate of drug-likeness (QED) is 0.895. The van der Waals surface area contributed by atoms with Crippen LogP contribution < -0.4 is 0 Å². The summed E-state index contributed by atoms with van der Waals surface area (Å²) in [4.78, 5) is 8.65. The third-order valence-corrected chi connectivity index (χ3v) is 3.54. The Morgan fingerprint density at radius 2 is 1.94 bits per heavy atom. The van der Waals surface area contributed by atoms with Crippen molar-refractivity contribution in [2.45, 2.75) is 31.8 Å². The molecule has 1 aromatic heterocycles. The lowest BCUT2D eigenvalue weighted by atomic mass is 10.0. The summed E-state index contributed by atoms with van der Waals surface area (Å²) < 4.78 is 0. The van der Waals surface area contributed by atoms with Gasteiger partial charge in [-0.2, -0.15) is 0 Å². The first-order valence-corrected chi connectivity index (χ1v) is 6.39. The van der Waals surface area contributed by atoms with Crippen LogP contribution in [0.5, 0.6) is 0 Å². The van der Waals surface area contributed by atoms with Gasteiger partial charge in [-0.1, -0.05) is 30.3 Å². The maximum absolute atomic E-state index is 10.2. The van der Waals surface area contributed by atoms with Gasteiger partial charge in [-0.3, -0.25) is 0 Å². The van der Waals surface area contributed by atoms with Crippen LogP contribution in [0.15, 0.2) is 36.7 Å². The zero-order valence-electron chi connectivity index (χ0n) is 10.2. The van der Waals surface area contributed by atoms with Crippen molar-refractivity contribution in [3.05, 3.63) is 59.2 Å². The first kappa shape index (κ1) is 11.4. The molecule has 1 aliphatic carbocycles. The number of hydrogen-bond acceptors (Lipinski definition) is 3. The van der Waals surface area contributed by atoms with E-state index in [9.17, 15) is 5.11 Å². The van der Waals surface area contributed by atoms with Crippen molar-refractivity contribution >= 4 is 0 Å². The highest BCUT2D eigenvalue weighted by atomic mass is 16.3. The van der Waals surface area contributed by atoms with E-state index in [0.29, 0.717) is 6.42 Å². The van der Waals surface area contributed by atoms with Crippen LogP contribution >= 0.6 is 0 Å². The van der Waals surface area contributed by atoms with Gasteiger partial charge in [0.15, 0.2) is 0 Å². The van der Waals surface area contributed by atoms with Crippen LogP contribution in [0.2, 0.25) is 0 Å². The van der Waals surface area contributed by atoms with E-state index >= 15 is 0 Å². The highest BCUT2D eigenvalue weighted by molar-refractivity contribution is 5.30. The molecule has 3 nitrogen and oxygen atoms in total. The predicted octanol–water partition coefficient (Wildman–Crippen LogP) is 2.24. The summed E-state index contributed by atoms with van der Waals surface area (Å²) in [5.74, 6) is 0. The highest BCUT2D eigenvalue weighted by Gasteiger charge is 2.19. The molecule has 1 aliphatic rings. The summed E-state index contributed by atoms with van der Waals surface area (Å²) in [7, 11) is 0. The normalized spacial score (nSPS) is 15.4. The third kappa shape index (κ3) is 2.14. The Hall–Kier alpha value is -1.74. The van der Waals surface area contributed by atoms with Crippen LogP contribution in [0.3, 0.4) is 0 Å². The molecule has 1 aromatic carbocycles. The number of benzene rings is 1. The van der Waals surface area contributed by atoms with Gasteiger partial charge in [0.1, 0.15) is 6.33 Å². The maximum Gasteiger partial charge on any atom is 0.115 e. The van der Waals surface area contributed by atoms with Crippen molar-refractivity contribution in [1.29, 1.82) is 0 Å². The Kier molecular flexibility index (Phi) is 3.07. The highest BCUT2D eigenvalue weighted by Crippen LogP contribution is 2.25. The van der Waals surface area contributed by atoms with Crippen LogP contribution in [0, 0.1) is 0 Å². The molecule has 0 saturated heterocycles. The summed E-state index contributed by atoms with van der Waals surface area (Å²) in [5, 5.41) is 10.2. The first-order chi connectivity index (χ1) is 8.84. The Balaban J connectivity index is 1.83. The van der Waals surface area contributed by atoms with Crippen LogP contribution in [0.4, 0.5) is 0 Å². The van der Waals surface area contributed by atoms with Gasteiger partial charge in [-0.15, -0.1) is 0 Å². The van der Waals surface area contributed by atoms with Gasteiger partial charge in [-0.25, -0.2) is 9.97 Å². The molecular formula is C15H16N2O. The molecule has 0 spiro atoms. The third-order valence-electron chi connectivity index (χ3n) is 3.54. The zero-order valence-corrected chi connectivity index (χ0v) is 10.2. The molecule has 0 aliphatic heterocycles. The lowest BCUT2D eigenvalue weighted by Crippen LogP contribution is -2.07. The van der Waals surface area contributed by atoms with Crippen molar-refractivity contribution in [2.24, 2.45) is 0 Å². The van der Waals surface area contributed by atoms with E-state index in [4.69, 9.17) is 0 Å². The number of nitrogens with zero attached hydrogens (tertiary/aromatic N) is 2. The number of aryl methyl sites for hydroxylation is 1. The Morgan fingerprint density at radius 1 is 1.11 bits per heavy atom.